The summed E-state index contributed by atoms with van der Waals surface area (Å²) in [5.74, 6) is -1.26. The third-order valence-electron chi connectivity index (χ3n) is 3.39. The Kier molecular flexibility index (Phi) is 3.46. The summed E-state index contributed by atoms with van der Waals surface area (Å²) in [5.41, 5.74) is 1.11. The lowest BCUT2D eigenvalue weighted by Gasteiger charge is -2.04. The summed E-state index contributed by atoms with van der Waals surface area (Å²) in [6.45, 7) is 0. The molecule has 0 spiro atoms. The van der Waals surface area contributed by atoms with Gasteiger partial charge in [0.05, 0.1) is 18.2 Å². The van der Waals surface area contributed by atoms with Crippen molar-refractivity contribution in [2.24, 2.45) is 0 Å². The number of hydrogen-bond donors (Lipinski definition) is 2. The van der Waals surface area contributed by atoms with Gasteiger partial charge in [0, 0.05) is 11.8 Å². The Morgan fingerprint density at radius 2 is 1.83 bits per heavy atom. The highest BCUT2D eigenvalue weighted by Crippen LogP contribution is 2.25. The van der Waals surface area contributed by atoms with Crippen LogP contribution >= 0.6 is 0 Å². The fourth-order valence-corrected chi connectivity index (χ4v) is 2.30. The quantitative estimate of drug-likeness (QED) is 0.719. The van der Waals surface area contributed by atoms with E-state index in [1.165, 1.54) is 42.0 Å². The van der Waals surface area contributed by atoms with Crippen molar-refractivity contribution < 1.29 is 24.5 Å². The summed E-state index contributed by atoms with van der Waals surface area (Å²) in [7, 11) is 1.27. The van der Waals surface area contributed by atoms with Crippen LogP contribution in [0.2, 0.25) is 0 Å². The van der Waals surface area contributed by atoms with Crippen LogP contribution in [0.5, 0.6) is 5.75 Å². The maximum atomic E-state index is 11.7. The number of imidazole rings is 1. The minimum absolute atomic E-state index is 0.0864. The van der Waals surface area contributed by atoms with Gasteiger partial charge in [0.15, 0.2) is 5.69 Å². The Labute approximate surface area is 130 Å². The van der Waals surface area contributed by atoms with Crippen molar-refractivity contribution in [3.63, 3.8) is 0 Å². The van der Waals surface area contributed by atoms with E-state index in [1.54, 1.807) is 12.1 Å². The van der Waals surface area contributed by atoms with Gasteiger partial charge in [0.25, 0.3) is 0 Å². The van der Waals surface area contributed by atoms with E-state index in [1.807, 2.05) is 0 Å². The molecule has 2 heterocycles. The molecule has 1 aromatic carbocycles. The largest absolute Gasteiger partial charge is 0.508 e. The first kappa shape index (κ1) is 14.6. The molecular weight excluding hydrogens is 300 g/mol. The number of esters is 1. The third-order valence-corrected chi connectivity index (χ3v) is 3.39. The molecule has 7 heteroatoms. The molecule has 0 saturated heterocycles. The number of rotatable bonds is 3. The lowest BCUT2D eigenvalue weighted by atomic mass is 10.2. The van der Waals surface area contributed by atoms with Crippen LogP contribution in [0.3, 0.4) is 0 Å². The number of carboxylic acids is 1. The average Bonchev–Trinajstić information content (AvgIpc) is 2.94. The molecule has 3 rings (SSSR count). The van der Waals surface area contributed by atoms with Gasteiger partial charge < -0.3 is 14.9 Å². The summed E-state index contributed by atoms with van der Waals surface area (Å²) in [5, 5.41) is 18.7. The van der Waals surface area contributed by atoms with Crippen LogP contribution in [-0.4, -0.2) is 38.6 Å². The zero-order valence-electron chi connectivity index (χ0n) is 12.1. The molecule has 0 saturated carbocycles. The fourth-order valence-electron chi connectivity index (χ4n) is 2.30. The molecule has 0 aliphatic rings. The predicted octanol–water partition coefficient (Wildman–Crippen LogP) is 2.19. The van der Waals surface area contributed by atoms with Crippen molar-refractivity contribution in [2.45, 2.75) is 0 Å². The fraction of sp³-hybridized carbons (Fsp3) is 0.0625. The van der Waals surface area contributed by atoms with Gasteiger partial charge in [-0.3, -0.25) is 4.40 Å². The molecule has 0 bridgehead atoms. The average molecular weight is 312 g/mol. The Morgan fingerprint density at radius 1 is 1.13 bits per heavy atom. The first-order chi connectivity index (χ1) is 11.0. The predicted molar refractivity (Wildman–Crippen MR) is 80.6 cm³/mol. The maximum Gasteiger partial charge on any atom is 0.356 e. The number of carboxylic acid groups (broad SMARTS) is 1. The van der Waals surface area contributed by atoms with E-state index in [0.717, 1.165) is 0 Å². The van der Waals surface area contributed by atoms with Gasteiger partial charge in [-0.2, -0.15) is 0 Å². The number of pyridine rings is 1. The topological polar surface area (TPSA) is 101 Å². The second-order valence-corrected chi connectivity index (χ2v) is 4.80. The van der Waals surface area contributed by atoms with Crippen molar-refractivity contribution in [1.29, 1.82) is 0 Å². The van der Waals surface area contributed by atoms with E-state index in [0.29, 0.717) is 16.9 Å². The number of phenolic OH excluding ortho intramolecular Hbond substituents is 1. The van der Waals surface area contributed by atoms with E-state index in [9.17, 15) is 19.8 Å². The lowest BCUT2D eigenvalue weighted by molar-refractivity contribution is 0.0599. The number of benzene rings is 1. The molecule has 7 nitrogen and oxygen atoms in total. The molecule has 0 amide bonds. The molecule has 0 aliphatic carbocycles. The molecule has 2 N–H and O–H groups in total. The molecule has 0 fully saturated rings. The first-order valence-electron chi connectivity index (χ1n) is 6.64. The van der Waals surface area contributed by atoms with Crippen molar-refractivity contribution in [2.75, 3.05) is 7.11 Å². The standard InChI is InChI=1S/C16H12N2O5/c1-23-16(22)10-4-7-12-13(15(20)21)17-14(18(12)8-10)9-2-5-11(19)6-3-9/h2-8,19H,1H3,(H,20,21). The molecule has 3 aromatic rings. The van der Waals surface area contributed by atoms with Gasteiger partial charge in [0.2, 0.25) is 0 Å². The minimum atomic E-state index is -1.17. The number of aromatic carboxylic acids is 1. The van der Waals surface area contributed by atoms with Crippen LogP contribution < -0.4 is 0 Å². The molecule has 2 aromatic heterocycles. The van der Waals surface area contributed by atoms with Crippen molar-refractivity contribution in [1.82, 2.24) is 9.38 Å². The maximum absolute atomic E-state index is 11.7. The minimum Gasteiger partial charge on any atom is -0.508 e. The Morgan fingerprint density at radius 3 is 2.43 bits per heavy atom. The number of phenols is 1. The van der Waals surface area contributed by atoms with E-state index < -0.39 is 11.9 Å². The number of nitrogens with zero attached hydrogens (tertiary/aromatic N) is 2. The number of carbonyl (C=O) groups excluding carboxylic acids is 1. The highest BCUT2D eigenvalue weighted by atomic mass is 16.5. The van der Waals surface area contributed by atoms with Crippen LogP contribution in [0.4, 0.5) is 0 Å². The summed E-state index contributed by atoms with van der Waals surface area (Å²) in [4.78, 5) is 27.2. The smallest absolute Gasteiger partial charge is 0.356 e. The summed E-state index contributed by atoms with van der Waals surface area (Å²) in [6, 6.07) is 9.16. The van der Waals surface area contributed by atoms with E-state index >= 15 is 0 Å². The number of aromatic nitrogens is 2. The molecule has 0 radical (unpaired) electrons. The number of fused-ring (bicyclic) bond motifs is 1. The zero-order valence-corrected chi connectivity index (χ0v) is 12.1. The van der Waals surface area contributed by atoms with Gasteiger partial charge in [-0.15, -0.1) is 0 Å². The summed E-state index contributed by atoms with van der Waals surface area (Å²) in [6.07, 6.45) is 1.47. The number of ether oxygens (including phenoxy) is 1. The van der Waals surface area contributed by atoms with E-state index in [2.05, 4.69) is 9.72 Å². The normalized spacial score (nSPS) is 10.7. The Bertz CT molecular complexity index is 912. The summed E-state index contributed by atoms with van der Waals surface area (Å²) >= 11 is 0. The van der Waals surface area contributed by atoms with Gasteiger partial charge in [-0.05, 0) is 36.4 Å². The van der Waals surface area contributed by atoms with Gasteiger partial charge in [0.1, 0.15) is 11.6 Å². The van der Waals surface area contributed by atoms with Crippen LogP contribution in [0, 0.1) is 0 Å². The molecule has 23 heavy (non-hydrogen) atoms. The Hall–Kier alpha value is -3.35. The highest BCUT2D eigenvalue weighted by Gasteiger charge is 2.19. The van der Waals surface area contributed by atoms with Crippen molar-refractivity contribution in [3.8, 4) is 17.1 Å². The van der Waals surface area contributed by atoms with Crippen LogP contribution in [0.25, 0.3) is 16.9 Å². The molecule has 0 aliphatic heterocycles. The molecule has 0 atom stereocenters. The SMILES string of the molecule is COC(=O)c1ccc2c(C(=O)O)nc(-c3ccc(O)cc3)n2c1. The summed E-state index contributed by atoms with van der Waals surface area (Å²) < 4.78 is 6.19. The van der Waals surface area contributed by atoms with E-state index in [-0.39, 0.29) is 17.0 Å². The number of hydrogen-bond acceptors (Lipinski definition) is 5. The van der Waals surface area contributed by atoms with E-state index in [4.69, 9.17) is 0 Å². The van der Waals surface area contributed by atoms with Gasteiger partial charge in [-0.1, -0.05) is 0 Å². The monoisotopic (exact) mass is 312 g/mol. The molecular formula is C16H12N2O5. The van der Waals surface area contributed by atoms with Crippen molar-refractivity contribution in [3.05, 3.63) is 53.9 Å². The molecule has 116 valence electrons. The first-order valence-corrected chi connectivity index (χ1v) is 6.64. The van der Waals surface area contributed by atoms with Crippen molar-refractivity contribution >= 4 is 17.5 Å². The Balaban J connectivity index is 2.28. The molecule has 0 unspecified atom stereocenters. The van der Waals surface area contributed by atoms with Gasteiger partial charge in [-0.25, -0.2) is 14.6 Å². The highest BCUT2D eigenvalue weighted by molar-refractivity contribution is 5.96. The second kappa shape index (κ2) is 5.45. The third kappa shape index (κ3) is 2.48. The van der Waals surface area contributed by atoms with Crippen LogP contribution in [0.15, 0.2) is 42.6 Å². The lowest BCUT2D eigenvalue weighted by Crippen LogP contribution is -2.03. The number of aromatic hydroxyl groups is 1. The number of methoxy groups -OCH3 is 1. The zero-order chi connectivity index (χ0) is 16.6. The second-order valence-electron chi connectivity index (χ2n) is 4.80. The number of carbonyl (C=O) groups is 2. The van der Waals surface area contributed by atoms with Crippen LogP contribution in [0.1, 0.15) is 20.8 Å². The van der Waals surface area contributed by atoms with Gasteiger partial charge >= 0.3 is 11.9 Å². The van der Waals surface area contributed by atoms with Crippen LogP contribution in [-0.2, 0) is 4.74 Å².